The minimum atomic E-state index is -0.309. The molecule has 1 fully saturated rings. The molecule has 1 unspecified atom stereocenters. The van der Waals surface area contributed by atoms with Gasteiger partial charge in [0.2, 0.25) is 0 Å². The van der Waals surface area contributed by atoms with Crippen LogP contribution in [0.3, 0.4) is 0 Å². The lowest BCUT2D eigenvalue weighted by Gasteiger charge is -2.21. The third-order valence-electron chi connectivity index (χ3n) is 2.67. The molecular formula is C10H13N5OS2. The summed E-state index contributed by atoms with van der Waals surface area (Å²) in [6.07, 6.45) is 0. The van der Waals surface area contributed by atoms with Gasteiger partial charge < -0.3 is 5.32 Å². The van der Waals surface area contributed by atoms with E-state index in [1.807, 2.05) is 29.6 Å². The zero-order chi connectivity index (χ0) is 12.4. The fourth-order valence-electron chi connectivity index (χ4n) is 1.77. The van der Waals surface area contributed by atoms with Gasteiger partial charge in [0.05, 0.1) is 0 Å². The maximum Gasteiger partial charge on any atom is 0.364 e. The van der Waals surface area contributed by atoms with Crippen molar-refractivity contribution in [3.8, 4) is 0 Å². The third-order valence-corrected chi connectivity index (χ3v) is 5.51. The van der Waals surface area contributed by atoms with E-state index in [0.29, 0.717) is 16.7 Å². The van der Waals surface area contributed by atoms with Gasteiger partial charge in [0, 0.05) is 29.1 Å². The first-order valence-corrected chi connectivity index (χ1v) is 7.91. The molecular weight excluding hydrogens is 270 g/mol. The van der Waals surface area contributed by atoms with Crippen molar-refractivity contribution in [3.63, 3.8) is 0 Å². The van der Waals surface area contributed by atoms with E-state index in [1.165, 1.54) is 21.8 Å². The van der Waals surface area contributed by atoms with E-state index in [-0.39, 0.29) is 5.69 Å². The smallest absolute Gasteiger partial charge is 0.364 e. The summed E-state index contributed by atoms with van der Waals surface area (Å²) in [6, 6.07) is 3.62. The van der Waals surface area contributed by atoms with Crippen molar-refractivity contribution in [3.05, 3.63) is 22.6 Å². The second-order valence-electron chi connectivity index (χ2n) is 3.97. The number of anilines is 1. The van der Waals surface area contributed by atoms with Crippen LogP contribution in [0.25, 0.3) is 5.65 Å². The lowest BCUT2D eigenvalue weighted by Crippen LogP contribution is -2.24. The predicted octanol–water partition coefficient (Wildman–Crippen LogP) is 0.678. The number of fused-ring (bicyclic) bond motifs is 1. The fraction of sp³-hybridized carbons (Fsp3) is 0.500. The maximum atomic E-state index is 11.4. The van der Waals surface area contributed by atoms with E-state index >= 15 is 0 Å². The molecule has 2 N–H and O–H groups in total. The second-order valence-corrected chi connectivity index (χ2v) is 6.52. The number of hydrogen-bond acceptors (Lipinski definition) is 6. The largest absolute Gasteiger partial charge is 0.367 e. The number of rotatable bonds is 3. The average Bonchev–Trinajstić information content (AvgIpc) is 2.79. The van der Waals surface area contributed by atoms with Crippen LogP contribution in [0.15, 0.2) is 16.9 Å². The Labute approximate surface area is 112 Å². The molecule has 1 aliphatic heterocycles. The van der Waals surface area contributed by atoms with E-state index in [4.69, 9.17) is 0 Å². The molecule has 96 valence electrons. The molecule has 0 aliphatic carbocycles. The fourth-order valence-corrected chi connectivity index (χ4v) is 4.38. The summed E-state index contributed by atoms with van der Waals surface area (Å²) in [7, 11) is 0. The third kappa shape index (κ3) is 2.49. The van der Waals surface area contributed by atoms with Crippen LogP contribution in [0, 0.1) is 0 Å². The molecule has 6 nitrogen and oxygen atoms in total. The van der Waals surface area contributed by atoms with Crippen molar-refractivity contribution in [2.75, 3.05) is 29.1 Å². The minimum Gasteiger partial charge on any atom is -0.367 e. The van der Waals surface area contributed by atoms with Crippen molar-refractivity contribution >= 4 is 35.0 Å². The summed E-state index contributed by atoms with van der Waals surface area (Å²) in [4.78, 5) is 11.4. The number of hydrogen-bond donors (Lipinski definition) is 2. The molecule has 0 saturated carbocycles. The highest BCUT2D eigenvalue weighted by atomic mass is 32.2. The molecule has 2 aromatic heterocycles. The molecule has 0 bridgehead atoms. The molecule has 1 saturated heterocycles. The lowest BCUT2D eigenvalue weighted by atomic mass is 10.4. The summed E-state index contributed by atoms with van der Waals surface area (Å²) in [6.45, 7) is 0.878. The summed E-state index contributed by atoms with van der Waals surface area (Å²) in [5.41, 5.74) is 0.226. The molecule has 8 heteroatoms. The van der Waals surface area contributed by atoms with Gasteiger partial charge in [-0.3, -0.25) is 0 Å². The van der Waals surface area contributed by atoms with Gasteiger partial charge in [0.25, 0.3) is 0 Å². The van der Waals surface area contributed by atoms with Gasteiger partial charge in [-0.25, -0.2) is 9.89 Å². The number of nitrogens with zero attached hydrogens (tertiary/aromatic N) is 3. The predicted molar refractivity (Wildman–Crippen MR) is 75.7 cm³/mol. The van der Waals surface area contributed by atoms with Gasteiger partial charge in [0.15, 0.2) is 5.65 Å². The first kappa shape index (κ1) is 11.9. The Morgan fingerprint density at radius 2 is 2.44 bits per heavy atom. The van der Waals surface area contributed by atoms with E-state index < -0.39 is 0 Å². The number of aromatic nitrogens is 4. The molecule has 1 aliphatic rings. The highest BCUT2D eigenvalue weighted by molar-refractivity contribution is 8.06. The molecule has 1 atom stereocenters. The summed E-state index contributed by atoms with van der Waals surface area (Å²) >= 11 is 3.99. The lowest BCUT2D eigenvalue weighted by molar-refractivity contribution is 0.870. The van der Waals surface area contributed by atoms with Gasteiger partial charge in [-0.05, 0) is 12.1 Å². The van der Waals surface area contributed by atoms with Crippen LogP contribution in [0.4, 0.5) is 5.82 Å². The van der Waals surface area contributed by atoms with Crippen LogP contribution >= 0.6 is 23.5 Å². The Morgan fingerprint density at radius 3 is 3.28 bits per heavy atom. The molecule has 0 spiro atoms. The first-order chi connectivity index (χ1) is 8.83. The number of thioether (sulfide) groups is 2. The Kier molecular flexibility index (Phi) is 3.46. The summed E-state index contributed by atoms with van der Waals surface area (Å²) in [5.74, 6) is 4.34. The van der Waals surface area contributed by atoms with Crippen LogP contribution in [0.2, 0.25) is 0 Å². The SMILES string of the molecule is O=c1[nH]nc2ccc(NCC3CSCCS3)nn12. The number of nitrogens with one attached hydrogen (secondary N) is 2. The monoisotopic (exact) mass is 283 g/mol. The van der Waals surface area contributed by atoms with Crippen LogP contribution in [0.5, 0.6) is 0 Å². The summed E-state index contributed by atoms with van der Waals surface area (Å²) in [5, 5.41) is 14.3. The number of aromatic amines is 1. The molecule has 2 aromatic rings. The summed E-state index contributed by atoms with van der Waals surface area (Å²) < 4.78 is 1.27. The quantitative estimate of drug-likeness (QED) is 0.863. The van der Waals surface area contributed by atoms with Gasteiger partial charge in [-0.15, -0.1) is 5.10 Å². The Morgan fingerprint density at radius 1 is 1.50 bits per heavy atom. The molecule has 0 aromatic carbocycles. The zero-order valence-electron chi connectivity index (χ0n) is 9.63. The van der Waals surface area contributed by atoms with Crippen LogP contribution in [-0.4, -0.2) is 48.9 Å². The number of H-pyrrole nitrogens is 1. The van der Waals surface area contributed by atoms with Gasteiger partial charge in [-0.2, -0.15) is 33.1 Å². The maximum absolute atomic E-state index is 11.4. The molecule has 18 heavy (non-hydrogen) atoms. The average molecular weight is 283 g/mol. The van der Waals surface area contributed by atoms with Crippen molar-refractivity contribution in [2.24, 2.45) is 0 Å². The molecule has 3 heterocycles. The molecule has 3 rings (SSSR count). The van der Waals surface area contributed by atoms with E-state index in [2.05, 4.69) is 20.6 Å². The van der Waals surface area contributed by atoms with Crippen molar-refractivity contribution < 1.29 is 0 Å². The molecule has 0 radical (unpaired) electrons. The Bertz CT molecular complexity index is 589. The van der Waals surface area contributed by atoms with Gasteiger partial charge in [-0.1, -0.05) is 0 Å². The van der Waals surface area contributed by atoms with Crippen molar-refractivity contribution in [1.29, 1.82) is 0 Å². The van der Waals surface area contributed by atoms with Crippen LogP contribution in [-0.2, 0) is 0 Å². The van der Waals surface area contributed by atoms with Crippen LogP contribution < -0.4 is 11.0 Å². The van der Waals surface area contributed by atoms with E-state index in [1.54, 1.807) is 6.07 Å². The first-order valence-electron chi connectivity index (χ1n) is 5.70. The van der Waals surface area contributed by atoms with Gasteiger partial charge >= 0.3 is 5.69 Å². The van der Waals surface area contributed by atoms with E-state index in [9.17, 15) is 4.79 Å². The van der Waals surface area contributed by atoms with Gasteiger partial charge in [0.1, 0.15) is 5.82 Å². The topological polar surface area (TPSA) is 75.1 Å². The Balaban J connectivity index is 1.70. The minimum absolute atomic E-state index is 0.309. The van der Waals surface area contributed by atoms with Crippen LogP contribution in [0.1, 0.15) is 0 Å². The van der Waals surface area contributed by atoms with Crippen molar-refractivity contribution in [2.45, 2.75) is 5.25 Å². The Hall–Kier alpha value is -1.15. The van der Waals surface area contributed by atoms with E-state index in [0.717, 1.165) is 6.54 Å². The molecule has 0 amide bonds. The normalized spacial score (nSPS) is 20.1. The highest BCUT2D eigenvalue weighted by Crippen LogP contribution is 2.23. The van der Waals surface area contributed by atoms with Crippen molar-refractivity contribution in [1.82, 2.24) is 19.8 Å². The highest BCUT2D eigenvalue weighted by Gasteiger charge is 2.14. The standard InChI is InChI=1S/C10H13N5OS2/c16-10-13-12-9-2-1-8(14-15(9)10)11-5-7-6-17-3-4-18-7/h1-2,7H,3-6H2,(H,11,14)(H,13,16). The zero-order valence-corrected chi connectivity index (χ0v) is 11.3. The second kappa shape index (κ2) is 5.23.